The number of carbonyl (C=O) groups excluding carboxylic acids is 21. The molecule has 4 rings (SSSR count). The number of esters is 10. The first kappa shape index (κ1) is 122. The molecule has 10 N–H and O–H groups in total. The van der Waals surface area contributed by atoms with Crippen LogP contribution >= 0.6 is 0 Å². The molecule has 0 aromatic heterocycles. The average molecular weight is 2020 g/mol. The lowest BCUT2D eigenvalue weighted by atomic mass is 9.96. The van der Waals surface area contributed by atoms with Crippen LogP contribution in [0.25, 0.3) is 0 Å². The molecular weight excluding hydrogens is 1880 g/mol. The largest absolute Gasteiger partial charge is 0.463 e. The quantitative estimate of drug-likeness (QED) is 0.0248. The van der Waals surface area contributed by atoms with Crippen molar-refractivity contribution in [2.45, 2.75) is 342 Å². The van der Waals surface area contributed by atoms with E-state index in [4.69, 9.17) is 75.8 Å². The van der Waals surface area contributed by atoms with Crippen molar-refractivity contribution in [3.05, 3.63) is 35.9 Å². The van der Waals surface area contributed by atoms with Crippen molar-refractivity contribution in [2.24, 2.45) is 0 Å². The Morgan fingerprint density at radius 3 is 0.930 bits per heavy atom. The molecule has 3 aliphatic heterocycles. The summed E-state index contributed by atoms with van der Waals surface area (Å²) < 4.78 is 89.7. The molecule has 3 saturated heterocycles. The topological polar surface area (TPSA) is 630 Å². The monoisotopic (exact) mass is 2020 g/mol. The third-order valence-electron chi connectivity index (χ3n) is 21.6. The average Bonchev–Trinajstić information content (AvgIpc) is 0.793. The summed E-state index contributed by atoms with van der Waals surface area (Å²) >= 11 is 0. The second-order valence-corrected chi connectivity index (χ2v) is 34.1. The molecule has 142 heavy (non-hydrogen) atoms. The van der Waals surface area contributed by atoms with Crippen LogP contribution in [-0.4, -0.2) is 320 Å². The Morgan fingerprint density at radius 2 is 0.606 bits per heavy atom. The number of hydrogen-bond donors (Lipinski definition) is 10. The number of nitrogens with zero attached hydrogens (tertiary/aromatic N) is 1. The predicted molar refractivity (Wildman–Crippen MR) is 493 cm³/mol. The number of rotatable bonds is 67. The van der Waals surface area contributed by atoms with E-state index in [2.05, 4.69) is 53.2 Å². The van der Waals surface area contributed by atoms with Crippen molar-refractivity contribution in [1.82, 2.24) is 58.1 Å². The molecule has 0 saturated carbocycles. The Morgan fingerprint density at radius 1 is 0.310 bits per heavy atom. The summed E-state index contributed by atoms with van der Waals surface area (Å²) in [6, 6.07) is 4.37. The van der Waals surface area contributed by atoms with Gasteiger partial charge in [0.2, 0.25) is 65.0 Å². The molecule has 0 radical (unpaired) electrons. The standard InChI is InChI=1S/C94H145N11O37/c1-57(106)101-82-88(137-66(10)115)85(134-63(7)112)71(54-130-60(4)109)140-92(82)127-50-28-21-35-74(118)95-42-25-18-33-77(121)98-46-48-105(49-47-99-78(122)34-19-26-43-96-75(119)36-22-29-51-128-93-83(102-58(2)107)89(138-67(11)116)86(135-64(8)113)72(141-93)55-131-61(5)110)80(124)41-40-70(91(126)100-45-24-14-17-39-81(125)133-53-69-31-15-13-16-32-69)104-79(123)38-20-27-44-97-76(120)37-23-30-52-129-94-84(103-59(3)108)90(139-68(12)117)87(136-65(9)114)73(142-94)56-132-62(6)111/h13,15-16,31-32,70-73,82-90,92-94H,14,17-30,33-56H2,1-12H3,(H,95,118)(H,96,119)(H,97,120)(H,98,121)(H,99,122)(H,100,126)(H,101,106)(H,102,107)(H,103,108)(H,104,123)/t70-,71?,72?,73?,82?,83?,84?,85?,86?,87?,88?,89?,90?,92?,93?,94?/m0/s1. The first-order valence-corrected chi connectivity index (χ1v) is 48.0. The Hall–Kier alpha value is -12.2. The third-order valence-corrected chi connectivity index (χ3v) is 21.6. The predicted octanol–water partition coefficient (Wildman–Crippen LogP) is 1.12. The van der Waals surface area contributed by atoms with Gasteiger partial charge in [-0.05, 0) is 102 Å². The van der Waals surface area contributed by atoms with Gasteiger partial charge in [0.25, 0.3) is 0 Å². The highest BCUT2D eigenvalue weighted by atomic mass is 16.7. The van der Waals surface area contributed by atoms with Gasteiger partial charge >= 0.3 is 59.7 Å². The smallest absolute Gasteiger partial charge is 0.306 e. The number of amides is 11. The second-order valence-electron chi connectivity index (χ2n) is 34.1. The Kier molecular flexibility index (Phi) is 59.3. The Labute approximate surface area is 825 Å². The van der Waals surface area contributed by atoms with Crippen LogP contribution in [0, 0.1) is 0 Å². The maximum Gasteiger partial charge on any atom is 0.306 e. The molecule has 48 nitrogen and oxygen atoms in total. The first-order chi connectivity index (χ1) is 67.6. The van der Waals surface area contributed by atoms with E-state index in [1.165, 1.54) is 25.7 Å². The van der Waals surface area contributed by atoms with Crippen molar-refractivity contribution < 1.29 is 176 Å². The lowest BCUT2D eigenvalue weighted by Gasteiger charge is -2.44. The minimum atomic E-state index is -1.33. The van der Waals surface area contributed by atoms with Gasteiger partial charge in [-0.2, -0.15) is 0 Å². The summed E-state index contributed by atoms with van der Waals surface area (Å²) in [5.41, 5.74) is 0.826. The molecule has 16 atom stereocenters. The van der Waals surface area contributed by atoms with Crippen molar-refractivity contribution in [3.8, 4) is 0 Å². The summed E-state index contributed by atoms with van der Waals surface area (Å²) in [4.78, 5) is 268. The SMILES string of the molecule is CC(=O)NC1C(OCCCCC(=O)NCCCCC(=O)NCCN(CCNC(=O)CCCCNC(=O)CCCCOC2OC(COC(C)=O)C(OC(C)=O)C(OC(C)=O)C2NC(C)=O)C(=O)CC[C@H](NC(=O)CCCCNC(=O)CCCCOC2OC(COC(C)=O)C(OC(C)=O)C(OC(C)=O)C2NC(C)=O)C(=O)NCCCCCC(=O)OCc2ccccc2)OC(COC(C)=O)C(OC(C)=O)C1OC(C)=O. The van der Waals surface area contributed by atoms with Gasteiger partial charge in [-0.15, -0.1) is 0 Å². The zero-order valence-electron chi connectivity index (χ0n) is 83.3. The minimum absolute atomic E-state index is 0.0194. The highest BCUT2D eigenvalue weighted by Crippen LogP contribution is 2.32. The molecule has 0 bridgehead atoms. The lowest BCUT2D eigenvalue weighted by molar-refractivity contribution is -0.277. The fraction of sp³-hybridized carbons (Fsp3) is 0.713. The van der Waals surface area contributed by atoms with Crippen molar-refractivity contribution in [1.29, 1.82) is 0 Å². The van der Waals surface area contributed by atoms with Crippen LogP contribution in [0.4, 0.5) is 0 Å². The van der Waals surface area contributed by atoms with E-state index < -0.39 is 213 Å². The molecule has 3 heterocycles. The molecule has 1 aromatic rings. The molecule has 0 spiro atoms. The fourth-order valence-electron chi connectivity index (χ4n) is 15.1. The number of unbranched alkanes of at least 4 members (excludes halogenated alkanes) is 8. The first-order valence-electron chi connectivity index (χ1n) is 48.0. The highest BCUT2D eigenvalue weighted by molar-refractivity contribution is 5.89. The van der Waals surface area contributed by atoms with Crippen LogP contribution < -0.4 is 53.2 Å². The van der Waals surface area contributed by atoms with E-state index in [0.717, 1.165) is 67.9 Å². The van der Waals surface area contributed by atoms with E-state index in [-0.39, 0.29) is 173 Å². The maximum atomic E-state index is 14.4. The van der Waals surface area contributed by atoms with Gasteiger partial charge in [-0.25, -0.2) is 0 Å². The van der Waals surface area contributed by atoms with Crippen molar-refractivity contribution >= 4 is 125 Å². The summed E-state index contributed by atoms with van der Waals surface area (Å²) in [5.74, 6) is -12.1. The van der Waals surface area contributed by atoms with Gasteiger partial charge in [0.05, 0.1) is 0 Å². The normalized spacial score (nSPS) is 20.7. The van der Waals surface area contributed by atoms with Crippen LogP contribution in [-0.2, 0) is 183 Å². The minimum Gasteiger partial charge on any atom is -0.463 e. The number of ether oxygens (including phenoxy) is 16. The van der Waals surface area contributed by atoms with Gasteiger partial charge in [0.15, 0.2) is 55.5 Å². The van der Waals surface area contributed by atoms with Crippen LogP contribution in [0.5, 0.6) is 0 Å². The molecule has 798 valence electrons. The van der Waals surface area contributed by atoms with Crippen LogP contribution in [0.15, 0.2) is 30.3 Å². The zero-order valence-corrected chi connectivity index (χ0v) is 83.3. The zero-order chi connectivity index (χ0) is 105. The third kappa shape index (κ3) is 52.6. The fourth-order valence-corrected chi connectivity index (χ4v) is 15.1. The molecule has 3 fully saturated rings. The van der Waals surface area contributed by atoms with Crippen molar-refractivity contribution in [2.75, 3.05) is 92.0 Å². The van der Waals surface area contributed by atoms with Gasteiger partial charge in [0, 0.05) is 207 Å². The molecule has 15 unspecified atom stereocenters. The Bertz CT molecular complexity index is 4100. The maximum absolute atomic E-state index is 14.4. The summed E-state index contributed by atoms with van der Waals surface area (Å²) in [6.07, 6.45) is -10.3. The number of nitrogens with one attached hydrogen (secondary N) is 10. The molecule has 11 amide bonds. The lowest BCUT2D eigenvalue weighted by Crippen LogP contribution is -2.66. The molecular formula is C94H145N11O37. The van der Waals surface area contributed by atoms with Crippen LogP contribution in [0.1, 0.15) is 243 Å². The number of carbonyl (C=O) groups is 21. The molecule has 0 aliphatic carbocycles. The molecule has 1 aromatic carbocycles. The number of hydrogen-bond acceptors (Lipinski definition) is 37. The van der Waals surface area contributed by atoms with Gasteiger partial charge in [-0.1, -0.05) is 36.8 Å². The summed E-state index contributed by atoms with van der Waals surface area (Å²) in [5, 5.41) is 27.5. The van der Waals surface area contributed by atoms with E-state index in [1.54, 1.807) is 0 Å². The van der Waals surface area contributed by atoms with E-state index in [9.17, 15) is 101 Å². The van der Waals surface area contributed by atoms with E-state index >= 15 is 0 Å². The summed E-state index contributed by atoms with van der Waals surface area (Å²) in [6.45, 7) is 13.0. The van der Waals surface area contributed by atoms with Gasteiger partial charge < -0.3 is 134 Å². The van der Waals surface area contributed by atoms with Gasteiger partial charge in [-0.3, -0.25) is 101 Å². The molecule has 48 heteroatoms. The van der Waals surface area contributed by atoms with Crippen molar-refractivity contribution in [3.63, 3.8) is 0 Å². The second kappa shape index (κ2) is 68.9. The van der Waals surface area contributed by atoms with Gasteiger partial charge in [0.1, 0.15) is 68.9 Å². The number of benzene rings is 1. The van der Waals surface area contributed by atoms with Crippen LogP contribution in [0.3, 0.4) is 0 Å². The van der Waals surface area contributed by atoms with E-state index in [1.807, 2.05) is 30.3 Å². The highest BCUT2D eigenvalue weighted by Gasteiger charge is 2.55. The van der Waals surface area contributed by atoms with E-state index in [0.29, 0.717) is 89.9 Å². The molecule has 3 aliphatic rings. The Balaban J connectivity index is 1.38. The summed E-state index contributed by atoms with van der Waals surface area (Å²) in [7, 11) is 0. The van der Waals surface area contributed by atoms with Crippen LogP contribution in [0.2, 0.25) is 0 Å².